The Hall–Kier alpha value is -2.87. The maximum atomic E-state index is 12.6. The lowest BCUT2D eigenvalue weighted by atomic mass is 10.2. The van der Waals surface area contributed by atoms with Gasteiger partial charge in [0.15, 0.2) is 0 Å². The number of nitrogens with one attached hydrogen (secondary N) is 1. The van der Waals surface area contributed by atoms with Crippen LogP contribution in [0.4, 0.5) is 5.69 Å². The fourth-order valence-electron chi connectivity index (χ4n) is 2.57. The molecule has 0 amide bonds. The van der Waals surface area contributed by atoms with Crippen molar-refractivity contribution in [2.24, 2.45) is 0 Å². The molecule has 0 saturated carbocycles. The largest absolute Gasteiger partial charge is 0.492 e. The summed E-state index contributed by atoms with van der Waals surface area (Å²) in [5, 5.41) is 4.00. The highest BCUT2D eigenvalue weighted by molar-refractivity contribution is 7.92. The molecule has 0 saturated heterocycles. The van der Waals surface area contributed by atoms with Crippen molar-refractivity contribution in [3.63, 3.8) is 0 Å². The highest BCUT2D eigenvalue weighted by atomic mass is 32.2. The van der Waals surface area contributed by atoms with Crippen molar-refractivity contribution in [3.8, 4) is 5.75 Å². The normalized spacial score (nSPS) is 11.3. The fraction of sp³-hybridized carbons (Fsp3) is 0.222. The molecule has 1 N–H and O–H groups in total. The van der Waals surface area contributed by atoms with Gasteiger partial charge in [0.25, 0.3) is 10.0 Å². The zero-order chi connectivity index (χ0) is 18.6. The van der Waals surface area contributed by atoms with Gasteiger partial charge in [-0.15, -0.1) is 0 Å². The van der Waals surface area contributed by atoms with Gasteiger partial charge in [0.05, 0.1) is 17.1 Å². The zero-order valence-corrected chi connectivity index (χ0v) is 15.4. The Balaban J connectivity index is 1.69. The molecule has 0 aliphatic carbocycles. The quantitative estimate of drug-likeness (QED) is 0.689. The number of ether oxygens (including phenoxy) is 1. The molecule has 26 heavy (non-hydrogen) atoms. The minimum Gasteiger partial charge on any atom is -0.492 e. The molecule has 0 aliphatic rings. The van der Waals surface area contributed by atoms with Crippen LogP contribution in [0.2, 0.25) is 0 Å². The molecule has 3 rings (SSSR count). The zero-order valence-electron chi connectivity index (χ0n) is 14.6. The summed E-state index contributed by atoms with van der Waals surface area (Å²) >= 11 is 0. The topological polar surface area (TPSA) is 86.1 Å². The van der Waals surface area contributed by atoms with Crippen molar-refractivity contribution in [2.75, 3.05) is 11.3 Å². The van der Waals surface area contributed by atoms with E-state index in [1.165, 1.54) is 6.33 Å². The molecule has 3 aromatic rings. The summed E-state index contributed by atoms with van der Waals surface area (Å²) < 4.78 is 35.2. The van der Waals surface area contributed by atoms with Gasteiger partial charge in [-0.2, -0.15) is 5.10 Å². The van der Waals surface area contributed by atoms with Crippen molar-refractivity contribution >= 4 is 15.7 Å². The molecular formula is C18H20N4O3S. The van der Waals surface area contributed by atoms with E-state index in [4.69, 9.17) is 4.74 Å². The van der Waals surface area contributed by atoms with Gasteiger partial charge in [0.1, 0.15) is 25.0 Å². The number of rotatable bonds is 7. The maximum Gasteiger partial charge on any atom is 0.262 e. The van der Waals surface area contributed by atoms with E-state index in [2.05, 4.69) is 14.8 Å². The number of benzene rings is 2. The Morgan fingerprint density at radius 2 is 2.00 bits per heavy atom. The molecule has 0 unspecified atom stereocenters. The smallest absolute Gasteiger partial charge is 0.262 e. The molecule has 0 bridgehead atoms. The summed E-state index contributed by atoms with van der Waals surface area (Å²) in [7, 11) is -3.66. The molecule has 0 atom stereocenters. The van der Waals surface area contributed by atoms with E-state index in [9.17, 15) is 8.42 Å². The highest BCUT2D eigenvalue weighted by Gasteiger charge is 2.17. The molecule has 2 aromatic carbocycles. The Labute approximate surface area is 152 Å². The predicted octanol–water partition coefficient (Wildman–Crippen LogP) is 2.77. The SMILES string of the molecule is Cc1ccc(S(=O)(=O)Nc2cccc(OCCn3cncn3)c2)c(C)c1. The van der Waals surface area contributed by atoms with Crippen LogP contribution in [-0.2, 0) is 16.6 Å². The molecule has 1 heterocycles. The maximum absolute atomic E-state index is 12.6. The molecule has 7 nitrogen and oxygen atoms in total. The third-order valence-electron chi connectivity index (χ3n) is 3.76. The first-order valence-corrected chi connectivity index (χ1v) is 9.58. The van der Waals surface area contributed by atoms with Crippen LogP contribution in [-0.4, -0.2) is 29.8 Å². The van der Waals surface area contributed by atoms with Gasteiger partial charge in [-0.3, -0.25) is 4.72 Å². The average molecular weight is 372 g/mol. The average Bonchev–Trinajstić information content (AvgIpc) is 3.08. The number of aryl methyl sites for hydroxylation is 2. The Morgan fingerprint density at radius 1 is 1.15 bits per heavy atom. The first-order chi connectivity index (χ1) is 12.4. The third-order valence-corrected chi connectivity index (χ3v) is 5.30. The Kier molecular flexibility index (Phi) is 5.22. The monoisotopic (exact) mass is 372 g/mol. The lowest BCUT2D eigenvalue weighted by Crippen LogP contribution is -2.14. The van der Waals surface area contributed by atoms with Crippen LogP contribution < -0.4 is 9.46 Å². The summed E-state index contributed by atoms with van der Waals surface area (Å²) in [5.41, 5.74) is 2.17. The molecule has 0 fully saturated rings. The minimum absolute atomic E-state index is 0.264. The molecule has 136 valence electrons. The lowest BCUT2D eigenvalue weighted by Gasteiger charge is -2.12. The second-order valence-electron chi connectivity index (χ2n) is 5.91. The van der Waals surface area contributed by atoms with Crippen LogP contribution in [0.5, 0.6) is 5.75 Å². The van der Waals surface area contributed by atoms with E-state index < -0.39 is 10.0 Å². The van der Waals surface area contributed by atoms with E-state index in [-0.39, 0.29) is 4.90 Å². The Bertz CT molecular complexity index is 985. The number of sulfonamides is 1. The second kappa shape index (κ2) is 7.57. The van der Waals surface area contributed by atoms with Gasteiger partial charge < -0.3 is 4.74 Å². The summed E-state index contributed by atoms with van der Waals surface area (Å²) in [6.07, 6.45) is 3.07. The molecule has 0 spiro atoms. The van der Waals surface area contributed by atoms with Gasteiger partial charge in [0.2, 0.25) is 0 Å². The van der Waals surface area contributed by atoms with Crippen LogP contribution >= 0.6 is 0 Å². The number of hydrogen-bond acceptors (Lipinski definition) is 5. The molecular weight excluding hydrogens is 352 g/mol. The molecule has 0 aliphatic heterocycles. The van der Waals surface area contributed by atoms with Crippen LogP contribution in [0, 0.1) is 13.8 Å². The predicted molar refractivity (Wildman–Crippen MR) is 98.7 cm³/mol. The first kappa shape index (κ1) is 17.9. The van der Waals surface area contributed by atoms with Gasteiger partial charge in [-0.05, 0) is 37.6 Å². The first-order valence-electron chi connectivity index (χ1n) is 8.09. The van der Waals surface area contributed by atoms with Crippen molar-refractivity contribution in [2.45, 2.75) is 25.3 Å². The third kappa shape index (κ3) is 4.40. The molecule has 8 heteroatoms. The number of hydrogen-bond donors (Lipinski definition) is 1. The molecule has 1 aromatic heterocycles. The van der Waals surface area contributed by atoms with Crippen LogP contribution in [0.25, 0.3) is 0 Å². The number of aromatic nitrogens is 3. The van der Waals surface area contributed by atoms with Gasteiger partial charge >= 0.3 is 0 Å². The summed E-state index contributed by atoms with van der Waals surface area (Å²) in [4.78, 5) is 4.13. The fourth-order valence-corrected chi connectivity index (χ4v) is 3.84. The highest BCUT2D eigenvalue weighted by Crippen LogP contribution is 2.23. The van der Waals surface area contributed by atoms with E-state index in [1.54, 1.807) is 54.3 Å². The summed E-state index contributed by atoms with van der Waals surface area (Å²) in [6, 6.07) is 12.1. The van der Waals surface area contributed by atoms with Crippen LogP contribution in [0.3, 0.4) is 0 Å². The van der Waals surface area contributed by atoms with Crippen molar-refractivity contribution < 1.29 is 13.2 Å². The molecule has 0 radical (unpaired) electrons. The lowest BCUT2D eigenvalue weighted by molar-refractivity contribution is 0.291. The van der Waals surface area contributed by atoms with E-state index in [0.29, 0.717) is 30.2 Å². The van der Waals surface area contributed by atoms with Gasteiger partial charge in [0, 0.05) is 6.07 Å². The van der Waals surface area contributed by atoms with Crippen LogP contribution in [0.15, 0.2) is 60.0 Å². The van der Waals surface area contributed by atoms with Gasteiger partial charge in [-0.1, -0.05) is 23.8 Å². The van der Waals surface area contributed by atoms with E-state index >= 15 is 0 Å². The van der Waals surface area contributed by atoms with E-state index in [0.717, 1.165) is 5.56 Å². The summed E-state index contributed by atoms with van der Waals surface area (Å²) in [5.74, 6) is 0.575. The van der Waals surface area contributed by atoms with Crippen molar-refractivity contribution in [1.29, 1.82) is 0 Å². The van der Waals surface area contributed by atoms with Gasteiger partial charge in [-0.25, -0.2) is 18.1 Å². The van der Waals surface area contributed by atoms with Crippen LogP contribution in [0.1, 0.15) is 11.1 Å². The minimum atomic E-state index is -3.66. The van der Waals surface area contributed by atoms with Crippen molar-refractivity contribution in [3.05, 3.63) is 66.2 Å². The second-order valence-corrected chi connectivity index (χ2v) is 7.56. The Morgan fingerprint density at radius 3 is 2.73 bits per heavy atom. The standard InChI is InChI=1S/C18H20N4O3S/c1-14-6-7-18(15(2)10-14)26(23,24)21-16-4-3-5-17(11-16)25-9-8-22-13-19-12-20-22/h3-7,10-13,21H,8-9H2,1-2H3. The summed E-state index contributed by atoms with van der Waals surface area (Å²) in [6.45, 7) is 4.66. The number of anilines is 1. The van der Waals surface area contributed by atoms with Crippen molar-refractivity contribution in [1.82, 2.24) is 14.8 Å². The van der Waals surface area contributed by atoms with E-state index in [1.807, 2.05) is 13.0 Å². The number of nitrogens with zero attached hydrogens (tertiary/aromatic N) is 3.